The van der Waals surface area contributed by atoms with Crippen molar-refractivity contribution in [2.24, 2.45) is 0 Å². The molecule has 18 heavy (non-hydrogen) atoms. The zero-order valence-corrected chi connectivity index (χ0v) is 12.4. The van der Waals surface area contributed by atoms with Crippen LogP contribution < -0.4 is 5.32 Å². The minimum atomic E-state index is -2.92. The van der Waals surface area contributed by atoms with Gasteiger partial charge < -0.3 is 5.32 Å². The molecule has 0 radical (unpaired) electrons. The molecule has 0 spiro atoms. The summed E-state index contributed by atoms with van der Waals surface area (Å²) in [4.78, 5) is 0. The van der Waals surface area contributed by atoms with E-state index in [1.807, 2.05) is 31.2 Å². The van der Waals surface area contributed by atoms with Crippen molar-refractivity contribution in [1.29, 1.82) is 0 Å². The second kappa shape index (κ2) is 7.12. The number of nitrogens with one attached hydrogen (secondary N) is 1. The minimum Gasteiger partial charge on any atom is -0.316 e. The van der Waals surface area contributed by atoms with Gasteiger partial charge in [0.15, 0.2) is 0 Å². The number of halogens is 1. The highest BCUT2D eigenvalue weighted by Crippen LogP contribution is 2.22. The Balaban J connectivity index is 2.77. The van der Waals surface area contributed by atoms with Crippen molar-refractivity contribution in [3.05, 3.63) is 34.9 Å². The third-order valence-corrected chi connectivity index (χ3v) is 4.01. The molecule has 0 heterocycles. The van der Waals surface area contributed by atoms with Gasteiger partial charge in [-0.05, 0) is 36.6 Å². The van der Waals surface area contributed by atoms with Gasteiger partial charge in [0.1, 0.15) is 9.84 Å². The number of sulfone groups is 1. The molecule has 0 aliphatic heterocycles. The zero-order valence-electron chi connectivity index (χ0n) is 10.8. The summed E-state index contributed by atoms with van der Waals surface area (Å²) in [6.45, 7) is 3.67. The lowest BCUT2D eigenvalue weighted by atomic mass is 9.96. The van der Waals surface area contributed by atoms with Gasteiger partial charge in [0.05, 0.1) is 5.75 Å². The monoisotopic (exact) mass is 289 g/mol. The van der Waals surface area contributed by atoms with Crippen molar-refractivity contribution >= 4 is 21.4 Å². The number of hydrogen-bond donors (Lipinski definition) is 1. The molecule has 0 bridgehead atoms. The highest BCUT2D eigenvalue weighted by molar-refractivity contribution is 7.90. The summed E-state index contributed by atoms with van der Waals surface area (Å²) < 4.78 is 22.5. The summed E-state index contributed by atoms with van der Waals surface area (Å²) in [6.07, 6.45) is 1.89. The van der Waals surface area contributed by atoms with Gasteiger partial charge in [-0.25, -0.2) is 8.42 Å². The van der Waals surface area contributed by atoms with Crippen LogP contribution in [0.25, 0.3) is 0 Å². The van der Waals surface area contributed by atoms with Gasteiger partial charge in [0.2, 0.25) is 0 Å². The van der Waals surface area contributed by atoms with Crippen LogP contribution in [0.1, 0.15) is 24.8 Å². The van der Waals surface area contributed by atoms with Crippen molar-refractivity contribution in [2.75, 3.05) is 25.1 Å². The van der Waals surface area contributed by atoms with Crippen LogP contribution in [0.15, 0.2) is 24.3 Å². The van der Waals surface area contributed by atoms with E-state index in [4.69, 9.17) is 11.6 Å². The van der Waals surface area contributed by atoms with Gasteiger partial charge in [-0.2, -0.15) is 0 Å². The van der Waals surface area contributed by atoms with Crippen LogP contribution in [0.3, 0.4) is 0 Å². The summed E-state index contributed by atoms with van der Waals surface area (Å²) >= 11 is 5.97. The van der Waals surface area contributed by atoms with Crippen molar-refractivity contribution in [3.63, 3.8) is 0 Å². The molecule has 0 amide bonds. The molecule has 1 atom stereocenters. The van der Waals surface area contributed by atoms with E-state index in [-0.39, 0.29) is 11.7 Å². The maximum atomic E-state index is 11.3. The normalized spacial score (nSPS) is 13.5. The molecule has 102 valence electrons. The number of hydrogen-bond acceptors (Lipinski definition) is 3. The topological polar surface area (TPSA) is 46.2 Å². The largest absolute Gasteiger partial charge is 0.316 e. The molecule has 1 aromatic carbocycles. The predicted octanol–water partition coefficient (Wildman–Crippen LogP) is 2.47. The van der Waals surface area contributed by atoms with Crippen LogP contribution in [0, 0.1) is 0 Å². The Morgan fingerprint density at radius 2 is 2.11 bits per heavy atom. The van der Waals surface area contributed by atoms with E-state index < -0.39 is 9.84 Å². The first-order valence-corrected chi connectivity index (χ1v) is 8.50. The van der Waals surface area contributed by atoms with Gasteiger partial charge >= 0.3 is 0 Å². The highest BCUT2D eigenvalue weighted by atomic mass is 35.5. The molecule has 3 nitrogen and oxygen atoms in total. The van der Waals surface area contributed by atoms with Crippen molar-refractivity contribution < 1.29 is 8.42 Å². The Morgan fingerprint density at radius 3 is 2.67 bits per heavy atom. The van der Waals surface area contributed by atoms with Gasteiger partial charge in [0.25, 0.3) is 0 Å². The van der Waals surface area contributed by atoms with Crippen LogP contribution in [0.2, 0.25) is 5.02 Å². The summed E-state index contributed by atoms with van der Waals surface area (Å²) in [7, 11) is -2.92. The Kier molecular flexibility index (Phi) is 6.12. The van der Waals surface area contributed by atoms with Gasteiger partial charge in [-0.1, -0.05) is 30.7 Å². The Morgan fingerprint density at radius 1 is 1.39 bits per heavy atom. The molecule has 0 aliphatic carbocycles. The summed E-state index contributed by atoms with van der Waals surface area (Å²) in [5.41, 5.74) is 1.09. The summed E-state index contributed by atoms with van der Waals surface area (Å²) in [5.74, 6) is 0.383. The SMILES string of the molecule is CCNCC(CCS(C)(=O)=O)c1cccc(Cl)c1. The molecular weight excluding hydrogens is 270 g/mol. The molecule has 5 heteroatoms. The molecule has 0 aromatic heterocycles. The van der Waals surface area contributed by atoms with E-state index in [0.717, 1.165) is 18.7 Å². The maximum Gasteiger partial charge on any atom is 0.147 e. The first kappa shape index (κ1) is 15.5. The lowest BCUT2D eigenvalue weighted by Gasteiger charge is -2.17. The molecule has 1 aromatic rings. The molecule has 0 saturated carbocycles. The fourth-order valence-electron chi connectivity index (χ4n) is 1.82. The molecule has 1 N–H and O–H groups in total. The van der Waals surface area contributed by atoms with E-state index in [2.05, 4.69) is 5.32 Å². The summed E-state index contributed by atoms with van der Waals surface area (Å²) in [6, 6.07) is 7.63. The van der Waals surface area contributed by atoms with E-state index >= 15 is 0 Å². The van der Waals surface area contributed by atoms with Crippen LogP contribution >= 0.6 is 11.6 Å². The highest BCUT2D eigenvalue weighted by Gasteiger charge is 2.14. The Labute approximate surface area is 114 Å². The van der Waals surface area contributed by atoms with Gasteiger partial charge in [-0.3, -0.25) is 0 Å². The van der Waals surface area contributed by atoms with Crippen molar-refractivity contribution in [2.45, 2.75) is 19.3 Å². The quantitative estimate of drug-likeness (QED) is 0.839. The average molecular weight is 290 g/mol. The summed E-state index contributed by atoms with van der Waals surface area (Å²) in [5, 5.41) is 3.95. The fourth-order valence-corrected chi connectivity index (χ4v) is 2.73. The maximum absolute atomic E-state index is 11.3. The lowest BCUT2D eigenvalue weighted by molar-refractivity contribution is 0.566. The van der Waals surface area contributed by atoms with E-state index in [0.29, 0.717) is 11.4 Å². The number of benzene rings is 1. The minimum absolute atomic E-state index is 0.179. The molecule has 1 rings (SSSR count). The van der Waals surface area contributed by atoms with E-state index in [9.17, 15) is 8.42 Å². The Bertz CT molecular complexity index is 474. The molecule has 0 aliphatic rings. The van der Waals surface area contributed by atoms with Crippen LogP contribution in [-0.2, 0) is 9.84 Å². The van der Waals surface area contributed by atoms with Crippen molar-refractivity contribution in [3.8, 4) is 0 Å². The molecular formula is C13H20ClNO2S. The first-order valence-electron chi connectivity index (χ1n) is 6.06. The second-order valence-electron chi connectivity index (χ2n) is 4.48. The number of likely N-dealkylation sites (N-methyl/N-ethyl adjacent to an activating group) is 1. The molecule has 0 saturated heterocycles. The first-order chi connectivity index (χ1) is 8.42. The zero-order chi connectivity index (χ0) is 13.6. The predicted molar refractivity (Wildman–Crippen MR) is 77.1 cm³/mol. The average Bonchev–Trinajstić information content (AvgIpc) is 2.28. The van der Waals surface area contributed by atoms with Crippen LogP contribution in [0.4, 0.5) is 0 Å². The smallest absolute Gasteiger partial charge is 0.147 e. The third kappa shape index (κ3) is 5.85. The second-order valence-corrected chi connectivity index (χ2v) is 7.17. The van der Waals surface area contributed by atoms with E-state index in [1.165, 1.54) is 6.26 Å². The van der Waals surface area contributed by atoms with Crippen molar-refractivity contribution in [1.82, 2.24) is 5.32 Å². The molecule has 0 fully saturated rings. The van der Waals surface area contributed by atoms with Crippen LogP contribution in [0.5, 0.6) is 0 Å². The Hall–Kier alpha value is -0.580. The van der Waals surface area contributed by atoms with Gasteiger partial charge in [-0.15, -0.1) is 0 Å². The van der Waals surface area contributed by atoms with Crippen LogP contribution in [-0.4, -0.2) is 33.5 Å². The lowest BCUT2D eigenvalue weighted by Crippen LogP contribution is -2.23. The third-order valence-electron chi connectivity index (χ3n) is 2.80. The standard InChI is InChI=1S/C13H20ClNO2S/c1-3-15-10-12(7-8-18(2,16)17)11-5-4-6-13(14)9-11/h4-6,9,12,15H,3,7-8,10H2,1-2H3. The van der Waals surface area contributed by atoms with Gasteiger partial charge in [0, 0.05) is 17.8 Å². The number of rotatable bonds is 7. The molecule has 1 unspecified atom stereocenters. The fraction of sp³-hybridized carbons (Fsp3) is 0.538. The van der Waals surface area contributed by atoms with E-state index in [1.54, 1.807) is 0 Å².